The molecule has 0 bridgehead atoms. The topological polar surface area (TPSA) is 38.1 Å². The first-order valence-corrected chi connectivity index (χ1v) is 8.92. The number of hydrogen-bond donors (Lipinski definition) is 0. The number of likely N-dealkylation sites (tertiary alicyclic amines) is 1. The first-order valence-electron chi connectivity index (χ1n) is 7.66. The van der Waals surface area contributed by atoms with Crippen LogP contribution in [0.15, 0.2) is 23.7 Å². The van der Waals surface area contributed by atoms with Crippen molar-refractivity contribution in [2.75, 3.05) is 6.54 Å². The Morgan fingerprint density at radius 1 is 1.45 bits per heavy atom. The monoisotopic (exact) mass is 337 g/mol. The zero-order valence-corrected chi connectivity index (χ0v) is 14.2. The lowest BCUT2D eigenvalue weighted by molar-refractivity contribution is -0.133. The highest BCUT2D eigenvalue weighted by Gasteiger charge is 2.30. The predicted molar refractivity (Wildman–Crippen MR) is 89.2 cm³/mol. The minimum Gasteiger partial charge on any atom is -0.334 e. The van der Waals surface area contributed by atoms with Gasteiger partial charge >= 0.3 is 0 Å². The van der Waals surface area contributed by atoms with Crippen LogP contribution in [0, 0.1) is 0 Å². The lowest BCUT2D eigenvalue weighted by Crippen LogP contribution is -2.36. The van der Waals surface area contributed by atoms with Crippen molar-refractivity contribution >= 4 is 28.8 Å². The molecule has 0 spiro atoms. The lowest BCUT2D eigenvalue weighted by Gasteiger charge is -2.30. The van der Waals surface area contributed by atoms with E-state index in [1.165, 1.54) is 0 Å². The Hall–Kier alpha value is -1.33. The molecule has 0 unspecified atom stereocenters. The molecule has 1 saturated heterocycles. The molecule has 1 atom stereocenters. The molecule has 118 valence electrons. The summed E-state index contributed by atoms with van der Waals surface area (Å²) in [6.45, 7) is 0.802. The average molecular weight is 338 g/mol. The molecule has 4 nitrogen and oxygen atoms in total. The molecule has 22 heavy (non-hydrogen) atoms. The molecule has 1 fully saturated rings. The van der Waals surface area contributed by atoms with Gasteiger partial charge in [-0.2, -0.15) is 5.10 Å². The summed E-state index contributed by atoms with van der Waals surface area (Å²) in [6.07, 6.45) is 6.44. The van der Waals surface area contributed by atoms with Crippen LogP contribution in [0.25, 0.3) is 0 Å². The Labute approximate surface area is 139 Å². The predicted octanol–water partition coefficient (Wildman–Crippen LogP) is 3.82. The van der Waals surface area contributed by atoms with Crippen LogP contribution >= 0.6 is 22.9 Å². The number of aromatic nitrogens is 2. The molecule has 0 radical (unpaired) electrons. The Morgan fingerprint density at radius 3 is 3.00 bits per heavy atom. The fourth-order valence-corrected chi connectivity index (χ4v) is 4.14. The quantitative estimate of drug-likeness (QED) is 0.854. The molecule has 0 aliphatic carbocycles. The van der Waals surface area contributed by atoms with Gasteiger partial charge in [0.2, 0.25) is 5.91 Å². The zero-order valence-electron chi connectivity index (χ0n) is 12.7. The molecular weight excluding hydrogens is 318 g/mol. The van der Waals surface area contributed by atoms with Gasteiger partial charge in [-0.25, -0.2) is 0 Å². The van der Waals surface area contributed by atoms with Crippen molar-refractivity contribution in [3.05, 3.63) is 39.3 Å². The Balaban J connectivity index is 1.86. The van der Waals surface area contributed by atoms with E-state index >= 15 is 0 Å². The number of nitrogens with zero attached hydrogens (tertiary/aromatic N) is 3. The second kappa shape index (κ2) is 6.84. The van der Waals surface area contributed by atoms with Gasteiger partial charge in [0.15, 0.2) is 0 Å². The maximum Gasteiger partial charge on any atom is 0.228 e. The summed E-state index contributed by atoms with van der Waals surface area (Å²) in [6, 6.07) is 4.05. The molecule has 1 aliphatic rings. The van der Waals surface area contributed by atoms with Crippen LogP contribution < -0.4 is 0 Å². The second-order valence-corrected chi connectivity index (χ2v) is 7.15. The first-order chi connectivity index (χ1) is 10.7. The number of carbonyl (C=O) groups is 1. The minimum atomic E-state index is 0.0370. The number of thiophene rings is 1. The number of rotatable bonds is 3. The van der Waals surface area contributed by atoms with E-state index in [0.717, 1.165) is 42.8 Å². The van der Waals surface area contributed by atoms with Gasteiger partial charge in [-0.3, -0.25) is 9.48 Å². The summed E-state index contributed by atoms with van der Waals surface area (Å²) in [4.78, 5) is 15.9. The van der Waals surface area contributed by atoms with E-state index < -0.39 is 0 Å². The molecule has 0 saturated carbocycles. The molecule has 0 aromatic carbocycles. The Bertz CT molecular complexity index is 618. The maximum atomic E-state index is 12.8. The third kappa shape index (κ3) is 3.20. The fraction of sp³-hybridized carbons (Fsp3) is 0.500. The van der Waals surface area contributed by atoms with Crippen LogP contribution in [-0.4, -0.2) is 27.1 Å². The molecule has 6 heteroatoms. The van der Waals surface area contributed by atoms with Gasteiger partial charge < -0.3 is 4.90 Å². The van der Waals surface area contributed by atoms with E-state index in [4.69, 9.17) is 11.6 Å². The first kappa shape index (κ1) is 15.6. The highest BCUT2D eigenvalue weighted by molar-refractivity contribution is 7.10. The van der Waals surface area contributed by atoms with Crippen LogP contribution in [0.3, 0.4) is 0 Å². The summed E-state index contributed by atoms with van der Waals surface area (Å²) >= 11 is 7.96. The summed E-state index contributed by atoms with van der Waals surface area (Å²) in [5, 5.41) is 6.91. The van der Waals surface area contributed by atoms with Crippen molar-refractivity contribution in [2.45, 2.75) is 38.1 Å². The summed E-state index contributed by atoms with van der Waals surface area (Å²) in [5.74, 6) is 0.187. The number of hydrogen-bond acceptors (Lipinski definition) is 3. The minimum absolute atomic E-state index is 0.0370. The number of aryl methyl sites for hydroxylation is 1. The van der Waals surface area contributed by atoms with Crippen LogP contribution in [0.1, 0.15) is 42.3 Å². The maximum absolute atomic E-state index is 12.8. The van der Waals surface area contributed by atoms with Gasteiger partial charge in [-0.1, -0.05) is 30.5 Å². The van der Waals surface area contributed by atoms with E-state index in [1.807, 2.05) is 34.1 Å². The molecular formula is C16H20ClN3OS. The Kier molecular flexibility index (Phi) is 4.84. The molecule has 1 aliphatic heterocycles. The number of halogens is 1. The van der Waals surface area contributed by atoms with E-state index in [2.05, 4.69) is 5.10 Å². The third-order valence-electron chi connectivity index (χ3n) is 4.23. The van der Waals surface area contributed by atoms with Crippen molar-refractivity contribution in [3.63, 3.8) is 0 Å². The molecule has 0 N–H and O–H groups in total. The van der Waals surface area contributed by atoms with Crippen molar-refractivity contribution in [2.24, 2.45) is 7.05 Å². The SMILES string of the molecule is Cn1ncc(Cl)c1[C@H]1CCCCCN1C(=O)Cc1cccs1. The molecule has 2 aromatic heterocycles. The van der Waals surface area contributed by atoms with E-state index in [9.17, 15) is 4.79 Å². The summed E-state index contributed by atoms with van der Waals surface area (Å²) in [7, 11) is 1.90. The molecule has 3 heterocycles. The van der Waals surface area contributed by atoms with Crippen LogP contribution in [-0.2, 0) is 18.3 Å². The molecule has 3 rings (SSSR count). The van der Waals surface area contributed by atoms with Crippen molar-refractivity contribution < 1.29 is 4.79 Å². The largest absolute Gasteiger partial charge is 0.334 e. The summed E-state index contributed by atoms with van der Waals surface area (Å²) in [5.41, 5.74) is 0.961. The van der Waals surface area contributed by atoms with Crippen LogP contribution in [0.4, 0.5) is 0 Å². The van der Waals surface area contributed by atoms with E-state index in [0.29, 0.717) is 11.4 Å². The van der Waals surface area contributed by atoms with Gasteiger partial charge in [-0.15, -0.1) is 11.3 Å². The van der Waals surface area contributed by atoms with Gasteiger partial charge in [0.25, 0.3) is 0 Å². The smallest absolute Gasteiger partial charge is 0.228 e. The number of amides is 1. The van der Waals surface area contributed by atoms with Crippen LogP contribution in [0.5, 0.6) is 0 Å². The normalized spacial score (nSPS) is 19.2. The van der Waals surface area contributed by atoms with Gasteiger partial charge in [0.05, 0.1) is 29.4 Å². The lowest BCUT2D eigenvalue weighted by atomic mass is 10.1. The van der Waals surface area contributed by atoms with Crippen LogP contribution in [0.2, 0.25) is 5.02 Å². The fourth-order valence-electron chi connectivity index (χ4n) is 3.15. The highest BCUT2D eigenvalue weighted by Crippen LogP contribution is 2.34. The summed E-state index contributed by atoms with van der Waals surface area (Å²) < 4.78 is 1.81. The van der Waals surface area contributed by atoms with E-state index in [1.54, 1.807) is 17.5 Å². The van der Waals surface area contributed by atoms with Gasteiger partial charge in [0, 0.05) is 18.5 Å². The Morgan fingerprint density at radius 2 is 2.32 bits per heavy atom. The second-order valence-electron chi connectivity index (χ2n) is 5.71. The molecule has 2 aromatic rings. The third-order valence-corrected chi connectivity index (χ3v) is 5.40. The highest BCUT2D eigenvalue weighted by atomic mass is 35.5. The standard InChI is InChI=1S/C16H20ClN3OS/c1-19-16(13(17)11-18-19)14-7-3-2-4-8-20(14)15(21)10-12-6-5-9-22-12/h5-6,9,11,14H,2-4,7-8,10H2,1H3/t14-/m1/s1. The van der Waals surface area contributed by atoms with Crippen molar-refractivity contribution in [3.8, 4) is 0 Å². The average Bonchev–Trinajstić information content (AvgIpc) is 3.03. The van der Waals surface area contributed by atoms with Gasteiger partial charge in [-0.05, 0) is 24.3 Å². The van der Waals surface area contributed by atoms with Crippen molar-refractivity contribution in [1.82, 2.24) is 14.7 Å². The van der Waals surface area contributed by atoms with Gasteiger partial charge in [0.1, 0.15) is 0 Å². The zero-order chi connectivity index (χ0) is 15.5. The van der Waals surface area contributed by atoms with Crippen molar-refractivity contribution in [1.29, 1.82) is 0 Å². The molecule has 1 amide bonds. The number of carbonyl (C=O) groups excluding carboxylic acids is 1. The van der Waals surface area contributed by atoms with E-state index in [-0.39, 0.29) is 11.9 Å².